The number of halogens is 1. The van der Waals surface area contributed by atoms with E-state index in [-0.39, 0.29) is 5.78 Å². The minimum Gasteiger partial charge on any atom is -0.299 e. The van der Waals surface area contributed by atoms with Crippen LogP contribution in [-0.2, 0) is 4.79 Å². The number of hydrogen-bond acceptors (Lipinski definition) is 1. The molecular formula is C7H10ClO. The average molecular weight is 146 g/mol. The lowest BCUT2D eigenvalue weighted by atomic mass is 10.2. The Balaban J connectivity index is 3.16. The number of carbonyl (C=O) groups is 1. The molecule has 0 spiro atoms. The smallest absolute Gasteiger partial charge is 0.136 e. The fourth-order valence-electron chi connectivity index (χ4n) is 0.497. The van der Waals surface area contributed by atoms with Gasteiger partial charge in [-0.15, -0.1) is 11.6 Å². The van der Waals surface area contributed by atoms with Crippen LogP contribution in [0.3, 0.4) is 0 Å². The molecule has 0 saturated carbocycles. The molecule has 1 radical (unpaired) electrons. The lowest BCUT2D eigenvalue weighted by Crippen LogP contribution is -1.94. The Morgan fingerprint density at radius 1 is 1.67 bits per heavy atom. The minimum absolute atomic E-state index is 0.165. The monoisotopic (exact) mass is 145 g/mol. The van der Waals surface area contributed by atoms with Crippen molar-refractivity contribution in [1.82, 2.24) is 0 Å². The molecule has 0 aliphatic carbocycles. The molecule has 0 aliphatic heterocycles. The van der Waals surface area contributed by atoms with Crippen LogP contribution in [0.4, 0.5) is 0 Å². The van der Waals surface area contributed by atoms with E-state index in [1.54, 1.807) is 0 Å². The maximum Gasteiger partial charge on any atom is 0.136 e. The van der Waals surface area contributed by atoms with E-state index in [9.17, 15) is 4.79 Å². The highest BCUT2D eigenvalue weighted by molar-refractivity contribution is 6.17. The van der Waals surface area contributed by atoms with Gasteiger partial charge in [-0.05, 0) is 6.42 Å². The summed E-state index contributed by atoms with van der Waals surface area (Å²) in [6.45, 7) is 5.02. The number of ketones is 1. The molecule has 0 aromatic carbocycles. The summed E-state index contributed by atoms with van der Waals surface area (Å²) >= 11 is 5.35. The van der Waals surface area contributed by atoms with Crippen molar-refractivity contribution >= 4 is 17.4 Å². The number of rotatable bonds is 5. The van der Waals surface area contributed by atoms with Crippen molar-refractivity contribution in [2.75, 3.05) is 5.88 Å². The van der Waals surface area contributed by atoms with E-state index in [1.165, 1.54) is 6.08 Å². The third-order valence-electron chi connectivity index (χ3n) is 0.935. The maximum absolute atomic E-state index is 10.6. The second-order valence-electron chi connectivity index (χ2n) is 1.77. The molecule has 0 heterocycles. The SMILES string of the molecule is [CH]=CCC(=O)CCCCl. The molecule has 0 unspecified atom stereocenters. The summed E-state index contributed by atoms with van der Waals surface area (Å²) in [6.07, 6.45) is 3.05. The fraction of sp³-hybridized carbons (Fsp3) is 0.571. The summed E-state index contributed by atoms with van der Waals surface area (Å²) in [5, 5.41) is 0. The molecule has 0 saturated heterocycles. The largest absolute Gasteiger partial charge is 0.299 e. The standard InChI is InChI=1S/C7H10ClO/c1-2-4-7(9)5-3-6-8/h1-2H,3-6H2. The fourth-order valence-corrected chi connectivity index (χ4v) is 0.631. The van der Waals surface area contributed by atoms with Crippen LogP contribution in [0.2, 0.25) is 0 Å². The van der Waals surface area contributed by atoms with E-state index in [1.807, 2.05) is 0 Å². The predicted molar refractivity (Wildman–Crippen MR) is 38.4 cm³/mol. The second kappa shape index (κ2) is 5.83. The molecule has 0 N–H and O–H groups in total. The minimum atomic E-state index is 0.165. The molecule has 0 bridgehead atoms. The van der Waals surface area contributed by atoms with E-state index >= 15 is 0 Å². The first kappa shape index (κ1) is 8.70. The van der Waals surface area contributed by atoms with Gasteiger partial charge in [0.15, 0.2) is 0 Å². The van der Waals surface area contributed by atoms with E-state index in [4.69, 9.17) is 18.2 Å². The summed E-state index contributed by atoms with van der Waals surface area (Å²) in [5.41, 5.74) is 0. The van der Waals surface area contributed by atoms with Gasteiger partial charge < -0.3 is 0 Å². The zero-order chi connectivity index (χ0) is 7.11. The van der Waals surface area contributed by atoms with Gasteiger partial charge in [-0.1, -0.05) is 12.7 Å². The van der Waals surface area contributed by atoms with Crippen LogP contribution < -0.4 is 0 Å². The van der Waals surface area contributed by atoms with Gasteiger partial charge in [0.05, 0.1) is 0 Å². The summed E-state index contributed by atoms with van der Waals surface area (Å²) in [6, 6.07) is 0. The van der Waals surface area contributed by atoms with Crippen LogP contribution >= 0.6 is 11.6 Å². The Morgan fingerprint density at radius 2 is 2.33 bits per heavy atom. The first-order valence-corrected chi connectivity index (χ1v) is 3.45. The maximum atomic E-state index is 10.6. The van der Waals surface area contributed by atoms with Crippen molar-refractivity contribution in [3.05, 3.63) is 12.7 Å². The van der Waals surface area contributed by atoms with Gasteiger partial charge in [0.2, 0.25) is 0 Å². The Hall–Kier alpha value is -0.300. The Labute approximate surface area is 60.7 Å². The molecule has 51 valence electrons. The molecule has 0 aromatic rings. The topological polar surface area (TPSA) is 17.1 Å². The third-order valence-corrected chi connectivity index (χ3v) is 1.20. The Kier molecular flexibility index (Phi) is 5.64. The average Bonchev–Trinajstić information content (AvgIpc) is 1.85. The van der Waals surface area contributed by atoms with Crippen molar-refractivity contribution in [2.24, 2.45) is 0 Å². The van der Waals surface area contributed by atoms with Crippen LogP contribution in [0.15, 0.2) is 6.08 Å². The molecule has 0 atom stereocenters. The number of hydrogen-bond donors (Lipinski definition) is 0. The van der Waals surface area contributed by atoms with E-state index < -0.39 is 0 Å². The molecule has 1 nitrogen and oxygen atoms in total. The number of carbonyl (C=O) groups excluding carboxylic acids is 1. The highest BCUT2D eigenvalue weighted by Crippen LogP contribution is 1.96. The molecule has 0 fully saturated rings. The third kappa shape index (κ3) is 5.57. The predicted octanol–water partition coefficient (Wildman–Crippen LogP) is 1.95. The summed E-state index contributed by atoms with van der Waals surface area (Å²) in [5.74, 6) is 0.717. The summed E-state index contributed by atoms with van der Waals surface area (Å²) in [7, 11) is 0. The quantitative estimate of drug-likeness (QED) is 0.541. The number of alkyl halides is 1. The van der Waals surface area contributed by atoms with Crippen molar-refractivity contribution in [1.29, 1.82) is 0 Å². The van der Waals surface area contributed by atoms with Crippen LogP contribution in [0.25, 0.3) is 0 Å². The van der Waals surface area contributed by atoms with Gasteiger partial charge >= 0.3 is 0 Å². The van der Waals surface area contributed by atoms with Crippen molar-refractivity contribution < 1.29 is 4.79 Å². The molecule has 0 amide bonds. The van der Waals surface area contributed by atoms with Crippen LogP contribution in [0.1, 0.15) is 19.3 Å². The second-order valence-corrected chi connectivity index (χ2v) is 2.15. The van der Waals surface area contributed by atoms with Crippen molar-refractivity contribution in [3.8, 4) is 0 Å². The highest BCUT2D eigenvalue weighted by atomic mass is 35.5. The highest BCUT2D eigenvalue weighted by Gasteiger charge is 1.95. The van der Waals surface area contributed by atoms with Gasteiger partial charge in [-0.2, -0.15) is 0 Å². The first-order chi connectivity index (χ1) is 4.31. The van der Waals surface area contributed by atoms with Gasteiger partial charge in [0, 0.05) is 18.7 Å². The van der Waals surface area contributed by atoms with Gasteiger partial charge in [0.1, 0.15) is 5.78 Å². The molecule has 0 aliphatic rings. The molecule has 0 aromatic heterocycles. The van der Waals surface area contributed by atoms with Gasteiger partial charge in [-0.25, -0.2) is 0 Å². The van der Waals surface area contributed by atoms with E-state index in [0.717, 1.165) is 6.42 Å². The van der Waals surface area contributed by atoms with Crippen LogP contribution in [0, 0.1) is 6.58 Å². The van der Waals surface area contributed by atoms with Crippen molar-refractivity contribution in [3.63, 3.8) is 0 Å². The molecule has 9 heavy (non-hydrogen) atoms. The number of Topliss-reactive ketones (excluding diaryl/α,β-unsaturated/α-hetero) is 1. The van der Waals surface area contributed by atoms with Crippen LogP contribution in [-0.4, -0.2) is 11.7 Å². The zero-order valence-corrected chi connectivity index (χ0v) is 6.03. The normalized spacial score (nSPS) is 9.00. The molecule has 2 heteroatoms. The lowest BCUT2D eigenvalue weighted by Gasteiger charge is -1.91. The number of allylic oxidation sites excluding steroid dienone is 1. The van der Waals surface area contributed by atoms with Gasteiger partial charge in [-0.3, -0.25) is 4.79 Å². The Bertz CT molecular complexity index is 99.1. The molecular weight excluding hydrogens is 136 g/mol. The van der Waals surface area contributed by atoms with Gasteiger partial charge in [0.25, 0.3) is 0 Å². The first-order valence-electron chi connectivity index (χ1n) is 2.92. The lowest BCUT2D eigenvalue weighted by molar-refractivity contribution is -0.118. The van der Waals surface area contributed by atoms with Crippen molar-refractivity contribution in [2.45, 2.75) is 19.3 Å². The van der Waals surface area contributed by atoms with E-state index in [0.29, 0.717) is 18.7 Å². The summed E-state index contributed by atoms with van der Waals surface area (Å²) in [4.78, 5) is 10.6. The summed E-state index contributed by atoms with van der Waals surface area (Å²) < 4.78 is 0. The van der Waals surface area contributed by atoms with E-state index in [2.05, 4.69) is 0 Å². The Morgan fingerprint density at radius 3 is 2.78 bits per heavy atom. The zero-order valence-electron chi connectivity index (χ0n) is 5.27. The van der Waals surface area contributed by atoms with Crippen LogP contribution in [0.5, 0.6) is 0 Å². The molecule has 0 rings (SSSR count).